The van der Waals surface area contributed by atoms with Crippen LogP contribution in [0.3, 0.4) is 0 Å². The van der Waals surface area contributed by atoms with Crippen LogP contribution in [0.25, 0.3) is 11.4 Å². The maximum absolute atomic E-state index is 4.32. The third-order valence-electron chi connectivity index (χ3n) is 2.85. The maximum Gasteiger partial charge on any atom is 0.166 e. The first-order valence-electron chi connectivity index (χ1n) is 5.28. The van der Waals surface area contributed by atoms with Gasteiger partial charge in [0, 0.05) is 18.7 Å². The molecule has 2 aromatic rings. The topological polar surface area (TPSA) is 42.7 Å². The SMILES string of the molecule is CC1NCCn2c(-c3cc(Br)sc3Br)nnc21. The average molecular weight is 378 g/mol. The number of nitrogens with one attached hydrogen (secondary N) is 1. The number of rotatable bonds is 1. The van der Waals surface area contributed by atoms with Crippen LogP contribution in [-0.2, 0) is 6.54 Å². The molecule has 1 N–H and O–H groups in total. The summed E-state index contributed by atoms with van der Waals surface area (Å²) in [6, 6.07) is 2.35. The van der Waals surface area contributed by atoms with Crippen LogP contribution in [0.5, 0.6) is 0 Å². The first kappa shape index (κ1) is 11.8. The molecule has 0 aromatic carbocycles. The van der Waals surface area contributed by atoms with Crippen LogP contribution in [0.15, 0.2) is 13.6 Å². The van der Waals surface area contributed by atoms with Crippen molar-refractivity contribution >= 4 is 43.2 Å². The highest BCUT2D eigenvalue weighted by molar-refractivity contribution is 9.12. The molecular weight excluding hydrogens is 368 g/mol. The number of thiophene rings is 1. The fourth-order valence-corrected chi connectivity index (χ4v) is 4.82. The Morgan fingerprint density at radius 2 is 2.29 bits per heavy atom. The second-order valence-corrected chi connectivity index (χ2v) is 7.70. The van der Waals surface area contributed by atoms with Crippen molar-refractivity contribution in [1.29, 1.82) is 0 Å². The first-order chi connectivity index (χ1) is 8.16. The standard InChI is InChI=1S/C10H10Br2N4S/c1-5-9-14-15-10(16(9)3-2-13-5)6-4-7(11)17-8(6)12/h4-5,13H,2-3H2,1H3. The molecule has 7 heteroatoms. The van der Waals surface area contributed by atoms with Gasteiger partial charge in [-0.15, -0.1) is 21.5 Å². The fraction of sp³-hybridized carbons (Fsp3) is 0.400. The van der Waals surface area contributed by atoms with Crippen LogP contribution < -0.4 is 5.32 Å². The van der Waals surface area contributed by atoms with E-state index in [4.69, 9.17) is 0 Å². The average Bonchev–Trinajstić information content (AvgIpc) is 2.83. The Bertz CT molecular complexity index is 563. The Morgan fingerprint density at radius 3 is 3.00 bits per heavy atom. The number of hydrogen-bond donors (Lipinski definition) is 1. The van der Waals surface area contributed by atoms with Crippen LogP contribution >= 0.6 is 43.2 Å². The van der Waals surface area contributed by atoms with Gasteiger partial charge in [-0.3, -0.25) is 0 Å². The van der Waals surface area contributed by atoms with Crippen LogP contribution in [0.4, 0.5) is 0 Å². The van der Waals surface area contributed by atoms with Crippen molar-refractivity contribution in [2.45, 2.75) is 19.5 Å². The van der Waals surface area contributed by atoms with Crippen molar-refractivity contribution in [3.8, 4) is 11.4 Å². The predicted octanol–water partition coefficient (Wildman–Crippen LogP) is 3.20. The van der Waals surface area contributed by atoms with E-state index in [1.165, 1.54) is 0 Å². The highest BCUT2D eigenvalue weighted by Gasteiger charge is 2.23. The largest absolute Gasteiger partial charge is 0.308 e. The van der Waals surface area contributed by atoms with Gasteiger partial charge >= 0.3 is 0 Å². The molecule has 1 atom stereocenters. The molecule has 0 saturated heterocycles. The summed E-state index contributed by atoms with van der Waals surface area (Å²) in [5, 5.41) is 12.0. The lowest BCUT2D eigenvalue weighted by Crippen LogP contribution is -2.32. The minimum absolute atomic E-state index is 0.269. The fourth-order valence-electron chi connectivity index (χ4n) is 2.03. The van der Waals surface area contributed by atoms with Crippen LogP contribution in [0.1, 0.15) is 18.8 Å². The van der Waals surface area contributed by atoms with Crippen molar-refractivity contribution in [3.05, 3.63) is 19.5 Å². The van der Waals surface area contributed by atoms with Gasteiger partial charge in [0.2, 0.25) is 0 Å². The van der Waals surface area contributed by atoms with Gasteiger partial charge in [0.15, 0.2) is 5.82 Å². The van der Waals surface area contributed by atoms with Crippen molar-refractivity contribution < 1.29 is 0 Å². The molecule has 0 fully saturated rings. The summed E-state index contributed by atoms with van der Waals surface area (Å²) in [7, 11) is 0. The minimum Gasteiger partial charge on any atom is -0.308 e. The van der Waals surface area contributed by atoms with E-state index >= 15 is 0 Å². The lowest BCUT2D eigenvalue weighted by molar-refractivity contribution is 0.439. The second kappa shape index (κ2) is 4.46. The quantitative estimate of drug-likeness (QED) is 0.829. The molecule has 17 heavy (non-hydrogen) atoms. The van der Waals surface area contributed by atoms with Gasteiger partial charge in [-0.1, -0.05) is 0 Å². The van der Waals surface area contributed by atoms with Crippen LogP contribution in [-0.4, -0.2) is 21.3 Å². The zero-order valence-electron chi connectivity index (χ0n) is 9.07. The number of aromatic nitrogens is 3. The van der Waals surface area contributed by atoms with E-state index in [0.29, 0.717) is 0 Å². The Hall–Kier alpha value is -0.240. The molecule has 3 rings (SSSR count). The highest BCUT2D eigenvalue weighted by Crippen LogP contribution is 2.38. The summed E-state index contributed by atoms with van der Waals surface area (Å²) in [5.41, 5.74) is 1.11. The molecule has 1 aliphatic heterocycles. The Balaban J connectivity index is 2.13. The highest BCUT2D eigenvalue weighted by atomic mass is 79.9. The Labute approximate surface area is 120 Å². The Kier molecular flexibility index (Phi) is 3.10. The van der Waals surface area contributed by atoms with E-state index in [9.17, 15) is 0 Å². The minimum atomic E-state index is 0.269. The number of fused-ring (bicyclic) bond motifs is 1. The summed E-state index contributed by atoms with van der Waals surface area (Å²) in [5.74, 6) is 1.96. The van der Waals surface area contributed by atoms with E-state index in [-0.39, 0.29) is 6.04 Å². The van der Waals surface area contributed by atoms with Crippen molar-refractivity contribution in [3.63, 3.8) is 0 Å². The third-order valence-corrected chi connectivity index (χ3v) is 5.19. The molecule has 90 valence electrons. The lowest BCUT2D eigenvalue weighted by Gasteiger charge is -2.21. The normalized spacial score (nSPS) is 19.4. The zero-order valence-corrected chi connectivity index (χ0v) is 13.1. The molecule has 0 saturated carbocycles. The summed E-state index contributed by atoms with van der Waals surface area (Å²) >= 11 is 8.72. The summed E-state index contributed by atoms with van der Waals surface area (Å²) in [6.45, 7) is 3.99. The number of halogens is 2. The molecule has 0 aliphatic carbocycles. The maximum atomic E-state index is 4.32. The van der Waals surface area contributed by atoms with Gasteiger partial charge in [0.05, 0.1) is 13.6 Å². The molecule has 2 aromatic heterocycles. The molecule has 4 nitrogen and oxygen atoms in total. The molecular formula is C10H10Br2N4S. The monoisotopic (exact) mass is 376 g/mol. The summed E-state index contributed by atoms with van der Waals surface area (Å²) in [4.78, 5) is 0. The van der Waals surface area contributed by atoms with Crippen molar-refractivity contribution in [1.82, 2.24) is 20.1 Å². The van der Waals surface area contributed by atoms with Gasteiger partial charge in [0.25, 0.3) is 0 Å². The molecule has 1 unspecified atom stereocenters. The molecule has 0 radical (unpaired) electrons. The predicted molar refractivity (Wildman–Crippen MR) is 75.2 cm³/mol. The molecule has 0 bridgehead atoms. The van der Waals surface area contributed by atoms with Gasteiger partial charge in [-0.25, -0.2) is 0 Å². The van der Waals surface area contributed by atoms with Crippen molar-refractivity contribution in [2.24, 2.45) is 0 Å². The molecule has 1 aliphatic rings. The van der Waals surface area contributed by atoms with Gasteiger partial charge in [-0.2, -0.15) is 0 Å². The molecule has 0 amide bonds. The van der Waals surface area contributed by atoms with Gasteiger partial charge < -0.3 is 9.88 Å². The number of hydrogen-bond acceptors (Lipinski definition) is 4. The van der Waals surface area contributed by atoms with Crippen molar-refractivity contribution in [2.75, 3.05) is 6.54 Å². The zero-order chi connectivity index (χ0) is 12.0. The van der Waals surface area contributed by atoms with E-state index in [0.717, 1.165) is 37.9 Å². The van der Waals surface area contributed by atoms with E-state index in [2.05, 4.69) is 64.9 Å². The van der Waals surface area contributed by atoms with E-state index in [1.807, 2.05) is 0 Å². The van der Waals surface area contributed by atoms with E-state index < -0.39 is 0 Å². The van der Waals surface area contributed by atoms with Crippen LogP contribution in [0, 0.1) is 0 Å². The molecule has 0 spiro atoms. The second-order valence-electron chi connectivity index (χ2n) is 3.95. The first-order valence-corrected chi connectivity index (χ1v) is 7.68. The Morgan fingerprint density at radius 1 is 1.47 bits per heavy atom. The molecule has 3 heterocycles. The van der Waals surface area contributed by atoms with E-state index in [1.54, 1.807) is 11.3 Å². The summed E-state index contributed by atoms with van der Waals surface area (Å²) < 4.78 is 4.38. The number of nitrogens with zero attached hydrogens (tertiary/aromatic N) is 3. The van der Waals surface area contributed by atoms with Gasteiger partial charge in [-0.05, 0) is 44.8 Å². The van der Waals surface area contributed by atoms with Crippen LogP contribution in [0.2, 0.25) is 0 Å². The smallest absolute Gasteiger partial charge is 0.166 e. The summed E-state index contributed by atoms with van der Waals surface area (Å²) in [6.07, 6.45) is 0. The third kappa shape index (κ3) is 1.99. The lowest BCUT2D eigenvalue weighted by atomic mass is 10.2. The van der Waals surface area contributed by atoms with Gasteiger partial charge in [0.1, 0.15) is 5.82 Å².